The van der Waals surface area contributed by atoms with Gasteiger partial charge < -0.3 is 20.1 Å². The summed E-state index contributed by atoms with van der Waals surface area (Å²) in [6.07, 6.45) is -2.60. The van der Waals surface area contributed by atoms with Gasteiger partial charge in [0.2, 0.25) is 0 Å². The maximum absolute atomic E-state index is 15.1. The van der Waals surface area contributed by atoms with Crippen LogP contribution < -0.4 is 10.2 Å². The molecule has 1 aliphatic heterocycles. The first-order valence-corrected chi connectivity index (χ1v) is 13.1. The third-order valence-electron chi connectivity index (χ3n) is 7.14. The number of hydrogen-bond acceptors (Lipinski definition) is 7. The van der Waals surface area contributed by atoms with Crippen molar-refractivity contribution in [2.75, 3.05) is 24.7 Å². The van der Waals surface area contributed by atoms with Crippen molar-refractivity contribution in [3.63, 3.8) is 0 Å². The number of fused-ring (bicyclic) bond motifs is 1. The van der Waals surface area contributed by atoms with Crippen LogP contribution in [0, 0.1) is 24.4 Å². The highest BCUT2D eigenvalue weighted by atomic mass is 19.4. The van der Waals surface area contributed by atoms with Gasteiger partial charge in [-0.25, -0.2) is 27.9 Å². The van der Waals surface area contributed by atoms with Crippen LogP contribution in [-0.2, 0) is 16.0 Å². The standard InChI is InChI=1S/C29H23F6N5O4/c1-14-21(32)12-37-26(38-14)18-5-4-15(17-3-2-6-36-25(17)18)9-22(28(42)43)39-27(41)24-19(30)10-16(11-20(24)31)40-7-8-44-13-23(40)29(33,34)35/h2-6,10-12,22-23H,7-9,13H2,1H3,(H,39,41)(H,42,43)/t22-,23+/m0/s1. The van der Waals surface area contributed by atoms with Crippen LogP contribution in [0.1, 0.15) is 21.6 Å². The fraction of sp³-hybridized carbons (Fsp3) is 0.276. The van der Waals surface area contributed by atoms with Crippen molar-refractivity contribution in [2.45, 2.75) is 31.6 Å². The van der Waals surface area contributed by atoms with E-state index >= 15 is 8.78 Å². The number of ether oxygens (including phenoxy) is 1. The molecule has 2 aromatic carbocycles. The normalized spacial score (nSPS) is 16.2. The number of hydrogen-bond donors (Lipinski definition) is 2. The van der Waals surface area contributed by atoms with Gasteiger partial charge in [0.15, 0.2) is 11.6 Å². The van der Waals surface area contributed by atoms with E-state index in [1.807, 2.05) is 0 Å². The number of anilines is 1. The van der Waals surface area contributed by atoms with E-state index < -0.39 is 65.4 Å². The van der Waals surface area contributed by atoms with E-state index in [1.54, 1.807) is 24.3 Å². The van der Waals surface area contributed by atoms with E-state index in [-0.39, 0.29) is 31.1 Å². The highest BCUT2D eigenvalue weighted by Crippen LogP contribution is 2.33. The Labute approximate surface area is 245 Å². The molecule has 44 heavy (non-hydrogen) atoms. The van der Waals surface area contributed by atoms with Crippen molar-refractivity contribution in [1.82, 2.24) is 20.3 Å². The molecule has 1 fully saturated rings. The number of alkyl halides is 3. The van der Waals surface area contributed by atoms with Gasteiger partial charge in [-0.15, -0.1) is 0 Å². The predicted octanol–water partition coefficient (Wildman–Crippen LogP) is 4.61. The average molecular weight is 620 g/mol. The molecule has 0 radical (unpaired) electrons. The first-order valence-electron chi connectivity index (χ1n) is 13.1. The van der Waals surface area contributed by atoms with E-state index in [9.17, 15) is 32.3 Å². The Bertz CT molecular complexity index is 1730. The number of nitrogens with zero attached hydrogens (tertiary/aromatic N) is 4. The number of morpholine rings is 1. The summed E-state index contributed by atoms with van der Waals surface area (Å²) in [4.78, 5) is 38.3. The minimum absolute atomic E-state index is 0.106. The van der Waals surface area contributed by atoms with Gasteiger partial charge >= 0.3 is 12.1 Å². The third-order valence-corrected chi connectivity index (χ3v) is 7.14. The summed E-state index contributed by atoms with van der Waals surface area (Å²) in [5.41, 5.74) is -0.307. The van der Waals surface area contributed by atoms with E-state index in [1.165, 1.54) is 13.1 Å². The van der Waals surface area contributed by atoms with Crippen LogP contribution >= 0.6 is 0 Å². The Morgan fingerprint density at radius 2 is 1.84 bits per heavy atom. The summed E-state index contributed by atoms with van der Waals surface area (Å²) in [5, 5.41) is 12.4. The Hall–Kier alpha value is -4.79. The van der Waals surface area contributed by atoms with Crippen LogP contribution in [0.3, 0.4) is 0 Å². The van der Waals surface area contributed by atoms with E-state index in [2.05, 4.69) is 20.3 Å². The molecule has 0 saturated carbocycles. The van der Waals surface area contributed by atoms with Crippen LogP contribution in [-0.4, -0.2) is 70.0 Å². The van der Waals surface area contributed by atoms with Gasteiger partial charge in [0.25, 0.3) is 5.91 Å². The van der Waals surface area contributed by atoms with Crippen LogP contribution in [0.2, 0.25) is 0 Å². The molecule has 9 nitrogen and oxygen atoms in total. The third kappa shape index (κ3) is 6.13. The lowest BCUT2D eigenvalue weighted by Crippen LogP contribution is -2.53. The second kappa shape index (κ2) is 12.1. The fourth-order valence-corrected chi connectivity index (χ4v) is 4.95. The molecule has 230 valence electrons. The molecule has 2 aromatic heterocycles. The second-order valence-electron chi connectivity index (χ2n) is 9.98. The second-order valence-corrected chi connectivity index (χ2v) is 9.98. The molecule has 1 aliphatic rings. The number of aliphatic carboxylic acids is 1. The van der Waals surface area contributed by atoms with Crippen molar-refractivity contribution in [1.29, 1.82) is 0 Å². The topological polar surface area (TPSA) is 118 Å². The monoisotopic (exact) mass is 619 g/mol. The van der Waals surface area contributed by atoms with E-state index in [0.29, 0.717) is 34.2 Å². The zero-order chi connectivity index (χ0) is 31.8. The fourth-order valence-electron chi connectivity index (χ4n) is 4.95. The number of carbonyl (C=O) groups is 2. The number of aryl methyl sites for hydroxylation is 1. The van der Waals surface area contributed by atoms with Gasteiger partial charge in [-0.3, -0.25) is 9.78 Å². The van der Waals surface area contributed by atoms with Crippen molar-refractivity contribution < 1.29 is 45.8 Å². The number of carboxylic acids is 1. The Morgan fingerprint density at radius 1 is 1.11 bits per heavy atom. The first-order chi connectivity index (χ1) is 20.8. The van der Waals surface area contributed by atoms with Gasteiger partial charge in [0.1, 0.15) is 29.3 Å². The molecule has 5 rings (SSSR count). The molecule has 4 aromatic rings. The van der Waals surface area contributed by atoms with E-state index in [0.717, 1.165) is 11.1 Å². The molecule has 3 heterocycles. The van der Waals surface area contributed by atoms with Crippen molar-refractivity contribution in [2.24, 2.45) is 0 Å². The molecule has 0 bridgehead atoms. The zero-order valence-corrected chi connectivity index (χ0v) is 22.8. The summed E-state index contributed by atoms with van der Waals surface area (Å²) < 4.78 is 89.1. The number of rotatable bonds is 7. The molecule has 2 N–H and O–H groups in total. The molecule has 15 heteroatoms. The quantitative estimate of drug-likeness (QED) is 0.288. The Balaban J connectivity index is 1.42. The number of aromatic nitrogens is 3. The SMILES string of the molecule is Cc1nc(-c2ccc(C[C@H](NC(=O)c3c(F)cc(N4CCOC[C@@H]4C(F)(F)F)cc3F)C(=O)O)c3cccnc23)ncc1F. The maximum atomic E-state index is 15.1. The maximum Gasteiger partial charge on any atom is 0.411 e. The first kappa shape index (κ1) is 30.7. The van der Waals surface area contributed by atoms with Crippen LogP contribution in [0.25, 0.3) is 22.3 Å². The number of amides is 1. The summed E-state index contributed by atoms with van der Waals surface area (Å²) in [5.74, 6) is -6.30. The lowest BCUT2D eigenvalue weighted by molar-refractivity contribution is -0.167. The molecular weight excluding hydrogens is 596 g/mol. The minimum Gasteiger partial charge on any atom is -0.480 e. The Kier molecular flexibility index (Phi) is 8.41. The largest absolute Gasteiger partial charge is 0.480 e. The van der Waals surface area contributed by atoms with Gasteiger partial charge in [-0.05, 0) is 36.8 Å². The van der Waals surface area contributed by atoms with Crippen molar-refractivity contribution in [3.8, 4) is 11.4 Å². The number of benzene rings is 2. The highest BCUT2D eigenvalue weighted by Gasteiger charge is 2.46. The summed E-state index contributed by atoms with van der Waals surface area (Å²) in [6, 6.07) is 3.67. The number of carbonyl (C=O) groups excluding carboxylic acids is 1. The lowest BCUT2D eigenvalue weighted by Gasteiger charge is -2.38. The number of nitrogens with one attached hydrogen (secondary N) is 1. The summed E-state index contributed by atoms with van der Waals surface area (Å²) in [6.45, 7) is 0.313. The van der Waals surface area contributed by atoms with Crippen LogP contribution in [0.15, 0.2) is 48.8 Å². The lowest BCUT2D eigenvalue weighted by atomic mass is 9.97. The number of carboxylic acid groups (broad SMARTS) is 1. The minimum atomic E-state index is -4.75. The molecule has 1 saturated heterocycles. The summed E-state index contributed by atoms with van der Waals surface area (Å²) >= 11 is 0. The van der Waals surface area contributed by atoms with Crippen LogP contribution in [0.4, 0.5) is 32.0 Å². The number of pyridine rings is 1. The van der Waals surface area contributed by atoms with Gasteiger partial charge in [0, 0.05) is 35.8 Å². The van der Waals surface area contributed by atoms with Crippen molar-refractivity contribution >= 4 is 28.5 Å². The molecular formula is C29H23F6N5O4. The van der Waals surface area contributed by atoms with E-state index in [4.69, 9.17) is 4.74 Å². The summed E-state index contributed by atoms with van der Waals surface area (Å²) in [7, 11) is 0. The Morgan fingerprint density at radius 3 is 2.50 bits per heavy atom. The smallest absolute Gasteiger partial charge is 0.411 e. The van der Waals surface area contributed by atoms with Gasteiger partial charge in [0.05, 0.1) is 30.6 Å². The highest BCUT2D eigenvalue weighted by molar-refractivity contribution is 5.98. The van der Waals surface area contributed by atoms with Crippen LogP contribution in [0.5, 0.6) is 0 Å². The van der Waals surface area contributed by atoms with Crippen molar-refractivity contribution in [3.05, 3.63) is 83.1 Å². The van der Waals surface area contributed by atoms with Gasteiger partial charge in [-0.1, -0.05) is 12.1 Å². The molecule has 0 unspecified atom stereocenters. The molecule has 2 atom stereocenters. The van der Waals surface area contributed by atoms with Gasteiger partial charge in [-0.2, -0.15) is 13.2 Å². The molecule has 0 aliphatic carbocycles. The molecule has 0 spiro atoms. The predicted molar refractivity (Wildman–Crippen MR) is 144 cm³/mol. The average Bonchev–Trinajstić information content (AvgIpc) is 2.97. The zero-order valence-electron chi connectivity index (χ0n) is 22.8. The molecule has 1 amide bonds. The number of halogens is 6.